The minimum Gasteiger partial charge on any atom is -0.477 e. The summed E-state index contributed by atoms with van der Waals surface area (Å²) in [5, 5.41) is 12.5. The lowest BCUT2D eigenvalue weighted by molar-refractivity contribution is 0.0699. The van der Waals surface area contributed by atoms with E-state index in [1.807, 2.05) is 0 Å². The maximum atomic E-state index is 10.6. The van der Waals surface area contributed by atoms with Crippen molar-refractivity contribution in [2.45, 2.75) is 0 Å². The van der Waals surface area contributed by atoms with Gasteiger partial charge in [0.2, 0.25) is 0 Å². The summed E-state index contributed by atoms with van der Waals surface area (Å²) < 4.78 is 1.33. The van der Waals surface area contributed by atoms with Gasteiger partial charge in [0, 0.05) is 0 Å². The lowest BCUT2D eigenvalue weighted by atomic mass is 10.3. The highest BCUT2D eigenvalue weighted by atomic mass is 16.4. The molecule has 2 rings (SSSR count). The van der Waals surface area contributed by atoms with E-state index in [9.17, 15) is 4.79 Å². The van der Waals surface area contributed by atoms with Crippen molar-refractivity contribution < 1.29 is 9.90 Å². The van der Waals surface area contributed by atoms with Gasteiger partial charge in [0.15, 0.2) is 5.65 Å². The number of nitrogen functional groups attached to an aromatic ring is 1. The molecule has 0 atom stereocenters. The van der Waals surface area contributed by atoms with Gasteiger partial charge in [0.1, 0.15) is 5.56 Å². The summed E-state index contributed by atoms with van der Waals surface area (Å²) in [6, 6.07) is 0. The van der Waals surface area contributed by atoms with Crippen LogP contribution in [0.3, 0.4) is 0 Å². The summed E-state index contributed by atoms with van der Waals surface area (Å²) in [6.45, 7) is 0. The molecular formula is C7H6N4O2. The van der Waals surface area contributed by atoms with Gasteiger partial charge in [-0.2, -0.15) is 5.10 Å². The molecule has 0 saturated heterocycles. The second-order valence-corrected chi connectivity index (χ2v) is 2.52. The predicted octanol–water partition coefficient (Wildman–Crippen LogP) is 0.00970. The van der Waals surface area contributed by atoms with Crippen molar-refractivity contribution in [3.05, 3.63) is 24.2 Å². The third-order valence-electron chi connectivity index (χ3n) is 1.61. The van der Waals surface area contributed by atoms with Gasteiger partial charge in [-0.25, -0.2) is 14.3 Å². The highest BCUT2D eigenvalue weighted by Crippen LogP contribution is 2.08. The van der Waals surface area contributed by atoms with E-state index in [0.29, 0.717) is 11.3 Å². The third kappa shape index (κ3) is 1.08. The SMILES string of the molecule is Nc1cnc2c(C(=O)O)cnn2c1. The molecule has 0 bridgehead atoms. The molecule has 2 heterocycles. The Morgan fingerprint density at radius 1 is 1.54 bits per heavy atom. The van der Waals surface area contributed by atoms with Gasteiger partial charge < -0.3 is 10.8 Å². The summed E-state index contributed by atoms with van der Waals surface area (Å²) in [7, 11) is 0. The number of rotatable bonds is 1. The molecule has 0 fully saturated rings. The lowest BCUT2D eigenvalue weighted by Crippen LogP contribution is -1.98. The number of fused-ring (bicyclic) bond motifs is 1. The average Bonchev–Trinajstić information content (AvgIpc) is 2.46. The molecule has 0 aliphatic rings. The fraction of sp³-hybridized carbons (Fsp3) is 0. The highest BCUT2D eigenvalue weighted by Gasteiger charge is 2.11. The van der Waals surface area contributed by atoms with E-state index in [4.69, 9.17) is 10.8 Å². The van der Waals surface area contributed by atoms with Crippen LogP contribution in [0.2, 0.25) is 0 Å². The maximum Gasteiger partial charge on any atom is 0.341 e. The first-order valence-corrected chi connectivity index (χ1v) is 3.50. The number of nitrogens with two attached hydrogens (primary N) is 1. The molecule has 6 nitrogen and oxygen atoms in total. The Hall–Kier alpha value is -2.11. The first-order valence-electron chi connectivity index (χ1n) is 3.50. The number of aromatic carboxylic acids is 1. The molecule has 0 amide bonds. The zero-order valence-corrected chi connectivity index (χ0v) is 6.51. The van der Waals surface area contributed by atoms with Crippen molar-refractivity contribution in [2.24, 2.45) is 0 Å². The number of hydrogen-bond donors (Lipinski definition) is 2. The number of nitrogens with zero attached hydrogens (tertiary/aromatic N) is 3. The van der Waals surface area contributed by atoms with Crippen LogP contribution < -0.4 is 5.73 Å². The minimum atomic E-state index is -1.05. The van der Waals surface area contributed by atoms with Crippen LogP contribution in [-0.2, 0) is 0 Å². The quantitative estimate of drug-likeness (QED) is 0.641. The van der Waals surface area contributed by atoms with Gasteiger partial charge in [-0.3, -0.25) is 0 Å². The predicted molar refractivity (Wildman–Crippen MR) is 44.4 cm³/mol. The molecule has 0 radical (unpaired) electrons. The van der Waals surface area contributed by atoms with E-state index in [-0.39, 0.29) is 5.56 Å². The normalized spacial score (nSPS) is 10.5. The molecule has 2 aromatic heterocycles. The van der Waals surface area contributed by atoms with Crippen molar-refractivity contribution in [1.29, 1.82) is 0 Å². The van der Waals surface area contributed by atoms with Gasteiger partial charge in [-0.15, -0.1) is 0 Å². The average molecular weight is 178 g/mol. The zero-order valence-electron chi connectivity index (χ0n) is 6.51. The molecule has 0 spiro atoms. The first-order chi connectivity index (χ1) is 6.18. The van der Waals surface area contributed by atoms with Gasteiger partial charge in [-0.05, 0) is 0 Å². The summed E-state index contributed by atoms with van der Waals surface area (Å²) >= 11 is 0. The Labute approximate surface area is 72.6 Å². The summed E-state index contributed by atoms with van der Waals surface area (Å²) in [5.41, 5.74) is 6.24. The van der Waals surface area contributed by atoms with Crippen LogP contribution in [0, 0.1) is 0 Å². The molecule has 0 aliphatic heterocycles. The number of carbonyl (C=O) groups is 1. The Kier molecular flexibility index (Phi) is 1.42. The van der Waals surface area contributed by atoms with E-state index in [1.54, 1.807) is 0 Å². The van der Waals surface area contributed by atoms with E-state index >= 15 is 0 Å². The van der Waals surface area contributed by atoms with Crippen LogP contribution >= 0.6 is 0 Å². The number of aromatic nitrogens is 3. The van der Waals surface area contributed by atoms with Crippen molar-refractivity contribution in [1.82, 2.24) is 14.6 Å². The van der Waals surface area contributed by atoms with E-state index in [1.165, 1.54) is 23.1 Å². The molecule has 13 heavy (non-hydrogen) atoms. The van der Waals surface area contributed by atoms with Crippen molar-refractivity contribution in [3.8, 4) is 0 Å². The number of carboxylic acids is 1. The topological polar surface area (TPSA) is 93.5 Å². The molecule has 66 valence electrons. The van der Waals surface area contributed by atoms with Crippen LogP contribution in [0.15, 0.2) is 18.6 Å². The number of carboxylic acid groups (broad SMARTS) is 1. The lowest BCUT2D eigenvalue weighted by Gasteiger charge is -1.94. The van der Waals surface area contributed by atoms with Crippen molar-refractivity contribution in [3.63, 3.8) is 0 Å². The Morgan fingerprint density at radius 3 is 3.00 bits per heavy atom. The fourth-order valence-corrected chi connectivity index (χ4v) is 1.04. The fourth-order valence-electron chi connectivity index (χ4n) is 1.04. The first kappa shape index (κ1) is 7.53. The van der Waals surface area contributed by atoms with E-state index < -0.39 is 5.97 Å². The summed E-state index contributed by atoms with van der Waals surface area (Å²) in [6.07, 6.45) is 4.14. The highest BCUT2D eigenvalue weighted by molar-refractivity contribution is 5.94. The molecule has 0 saturated carbocycles. The number of anilines is 1. The Bertz CT molecular complexity index is 476. The molecule has 6 heteroatoms. The molecule has 2 aromatic rings. The van der Waals surface area contributed by atoms with Crippen LogP contribution in [0.5, 0.6) is 0 Å². The maximum absolute atomic E-state index is 10.6. The van der Waals surface area contributed by atoms with Crippen molar-refractivity contribution in [2.75, 3.05) is 5.73 Å². The van der Waals surface area contributed by atoms with Crippen LogP contribution in [0.25, 0.3) is 5.65 Å². The van der Waals surface area contributed by atoms with Gasteiger partial charge in [-0.1, -0.05) is 0 Å². The Balaban J connectivity index is 2.76. The molecular weight excluding hydrogens is 172 g/mol. The largest absolute Gasteiger partial charge is 0.477 e. The number of hydrogen-bond acceptors (Lipinski definition) is 4. The van der Waals surface area contributed by atoms with E-state index in [0.717, 1.165) is 0 Å². The van der Waals surface area contributed by atoms with Crippen LogP contribution in [-0.4, -0.2) is 25.7 Å². The van der Waals surface area contributed by atoms with Crippen LogP contribution in [0.4, 0.5) is 5.69 Å². The summed E-state index contributed by atoms with van der Waals surface area (Å²) in [4.78, 5) is 14.5. The van der Waals surface area contributed by atoms with Gasteiger partial charge in [0.25, 0.3) is 0 Å². The summed E-state index contributed by atoms with van der Waals surface area (Å²) in [5.74, 6) is -1.05. The monoisotopic (exact) mass is 178 g/mol. The van der Waals surface area contributed by atoms with Crippen molar-refractivity contribution >= 4 is 17.3 Å². The second-order valence-electron chi connectivity index (χ2n) is 2.52. The third-order valence-corrected chi connectivity index (χ3v) is 1.61. The van der Waals surface area contributed by atoms with Gasteiger partial charge >= 0.3 is 5.97 Å². The van der Waals surface area contributed by atoms with Crippen LogP contribution in [0.1, 0.15) is 10.4 Å². The second kappa shape index (κ2) is 2.44. The Morgan fingerprint density at radius 2 is 2.31 bits per heavy atom. The van der Waals surface area contributed by atoms with E-state index in [2.05, 4.69) is 10.1 Å². The standard InChI is InChI=1S/C7H6N4O2/c8-4-1-9-6-5(7(12)13)2-10-11(6)3-4/h1-3H,8H2,(H,12,13). The smallest absolute Gasteiger partial charge is 0.341 e. The molecule has 0 unspecified atom stereocenters. The molecule has 3 N–H and O–H groups in total. The minimum absolute atomic E-state index is 0.0694. The molecule has 0 aliphatic carbocycles. The van der Waals surface area contributed by atoms with Gasteiger partial charge in [0.05, 0.1) is 24.3 Å². The zero-order chi connectivity index (χ0) is 9.42. The molecule has 0 aromatic carbocycles.